The average Bonchev–Trinajstić information content (AvgIpc) is 2.29. The third-order valence-electron chi connectivity index (χ3n) is 1.99. The van der Waals surface area contributed by atoms with E-state index in [2.05, 4.69) is 9.97 Å². The van der Waals surface area contributed by atoms with Crippen molar-refractivity contribution in [3.8, 4) is 6.07 Å². The Morgan fingerprint density at radius 3 is 2.81 bits per heavy atom. The van der Waals surface area contributed by atoms with E-state index in [1.165, 1.54) is 19.5 Å². The van der Waals surface area contributed by atoms with Gasteiger partial charge in [0, 0.05) is 20.7 Å². The summed E-state index contributed by atoms with van der Waals surface area (Å²) < 4.78 is 4.82. The van der Waals surface area contributed by atoms with Gasteiger partial charge < -0.3 is 14.7 Å². The number of likely N-dealkylation sites (N-methyl/N-ethyl adjacent to an activating group) is 1. The predicted octanol–water partition coefficient (Wildman–Crippen LogP) is -0.208. The van der Waals surface area contributed by atoms with Crippen LogP contribution >= 0.6 is 0 Å². The van der Waals surface area contributed by atoms with E-state index in [-0.39, 0.29) is 12.3 Å². The molecule has 1 aromatic rings. The minimum absolute atomic E-state index is 0.272. The van der Waals surface area contributed by atoms with Gasteiger partial charge in [0.05, 0.1) is 25.1 Å². The van der Waals surface area contributed by atoms with Crippen molar-refractivity contribution >= 4 is 5.82 Å². The Labute approximate surface area is 94.1 Å². The zero-order valence-corrected chi connectivity index (χ0v) is 9.29. The van der Waals surface area contributed by atoms with Crippen LogP contribution in [0.1, 0.15) is 5.69 Å². The Balaban J connectivity index is 2.59. The van der Waals surface area contributed by atoms with Gasteiger partial charge in [-0.3, -0.25) is 0 Å². The normalized spacial score (nSPS) is 11.9. The van der Waals surface area contributed by atoms with E-state index < -0.39 is 6.10 Å². The van der Waals surface area contributed by atoms with Gasteiger partial charge in [-0.2, -0.15) is 5.26 Å². The van der Waals surface area contributed by atoms with Crippen LogP contribution in [0.25, 0.3) is 0 Å². The molecular weight excluding hydrogens is 208 g/mol. The quantitative estimate of drug-likeness (QED) is 0.742. The van der Waals surface area contributed by atoms with Crippen LogP contribution in [0.5, 0.6) is 0 Å². The van der Waals surface area contributed by atoms with Crippen molar-refractivity contribution in [2.45, 2.75) is 6.10 Å². The zero-order valence-electron chi connectivity index (χ0n) is 9.29. The molecule has 0 fully saturated rings. The fraction of sp³-hybridized carbons (Fsp3) is 0.500. The van der Waals surface area contributed by atoms with E-state index in [9.17, 15) is 5.11 Å². The first kappa shape index (κ1) is 12.4. The summed E-state index contributed by atoms with van der Waals surface area (Å²) in [5, 5.41) is 18.1. The standard InChI is InChI=1S/C10H14N4O2/c1-14(6-9(15)7-16-2)10-5-12-8(3-11)4-13-10/h4-5,9,15H,6-7H2,1-2H3. The van der Waals surface area contributed by atoms with Gasteiger partial charge in [0.15, 0.2) is 5.69 Å². The molecule has 0 aliphatic heterocycles. The number of nitrogens with zero attached hydrogens (tertiary/aromatic N) is 4. The first-order chi connectivity index (χ1) is 7.67. The molecule has 1 unspecified atom stereocenters. The van der Waals surface area contributed by atoms with Crippen LogP contribution in [0.4, 0.5) is 5.82 Å². The number of methoxy groups -OCH3 is 1. The molecule has 0 saturated carbocycles. The summed E-state index contributed by atoms with van der Waals surface area (Å²) in [5.41, 5.74) is 0.273. The summed E-state index contributed by atoms with van der Waals surface area (Å²) in [5.74, 6) is 0.606. The second-order valence-corrected chi connectivity index (χ2v) is 3.36. The zero-order chi connectivity index (χ0) is 12.0. The lowest BCUT2D eigenvalue weighted by Crippen LogP contribution is -2.32. The van der Waals surface area contributed by atoms with Crippen molar-refractivity contribution in [2.75, 3.05) is 32.2 Å². The van der Waals surface area contributed by atoms with Crippen LogP contribution in [-0.4, -0.2) is 48.5 Å². The maximum atomic E-state index is 9.51. The molecule has 1 rings (SSSR count). The third-order valence-corrected chi connectivity index (χ3v) is 1.99. The van der Waals surface area contributed by atoms with Crippen molar-refractivity contribution in [2.24, 2.45) is 0 Å². The fourth-order valence-corrected chi connectivity index (χ4v) is 1.23. The molecular formula is C10H14N4O2. The highest BCUT2D eigenvalue weighted by Crippen LogP contribution is 2.06. The van der Waals surface area contributed by atoms with Gasteiger partial charge in [-0.25, -0.2) is 9.97 Å². The molecule has 0 aliphatic carbocycles. The first-order valence-corrected chi connectivity index (χ1v) is 4.77. The van der Waals surface area contributed by atoms with Gasteiger partial charge in [0.1, 0.15) is 11.9 Å². The highest BCUT2D eigenvalue weighted by Gasteiger charge is 2.09. The van der Waals surface area contributed by atoms with E-state index in [0.29, 0.717) is 12.4 Å². The maximum Gasteiger partial charge on any atom is 0.158 e. The van der Waals surface area contributed by atoms with Crippen molar-refractivity contribution in [3.05, 3.63) is 18.1 Å². The monoisotopic (exact) mass is 222 g/mol. The summed E-state index contributed by atoms with van der Waals surface area (Å²) in [7, 11) is 3.32. The molecule has 0 bridgehead atoms. The van der Waals surface area contributed by atoms with E-state index >= 15 is 0 Å². The van der Waals surface area contributed by atoms with E-state index in [4.69, 9.17) is 10.00 Å². The number of hydrogen-bond acceptors (Lipinski definition) is 6. The van der Waals surface area contributed by atoms with Crippen molar-refractivity contribution < 1.29 is 9.84 Å². The topological polar surface area (TPSA) is 82.3 Å². The summed E-state index contributed by atoms with van der Waals surface area (Å²) in [6.07, 6.45) is 2.32. The second-order valence-electron chi connectivity index (χ2n) is 3.36. The summed E-state index contributed by atoms with van der Waals surface area (Å²) in [4.78, 5) is 9.69. The molecule has 6 heteroatoms. The lowest BCUT2D eigenvalue weighted by atomic mass is 10.3. The molecule has 0 aliphatic rings. The van der Waals surface area contributed by atoms with E-state index in [1.807, 2.05) is 6.07 Å². The van der Waals surface area contributed by atoms with Crippen LogP contribution in [0, 0.1) is 11.3 Å². The molecule has 6 nitrogen and oxygen atoms in total. The second kappa shape index (κ2) is 6.00. The number of nitriles is 1. The largest absolute Gasteiger partial charge is 0.389 e. The SMILES string of the molecule is COCC(O)CN(C)c1cnc(C#N)cn1. The number of aromatic nitrogens is 2. The van der Waals surface area contributed by atoms with Crippen LogP contribution in [-0.2, 0) is 4.74 Å². The molecule has 0 amide bonds. The molecule has 1 atom stereocenters. The van der Waals surface area contributed by atoms with Crippen molar-refractivity contribution in [1.29, 1.82) is 5.26 Å². The van der Waals surface area contributed by atoms with Gasteiger partial charge in [0.2, 0.25) is 0 Å². The Kier molecular flexibility index (Phi) is 4.64. The number of hydrogen-bond donors (Lipinski definition) is 1. The molecule has 0 radical (unpaired) electrons. The minimum atomic E-state index is -0.576. The van der Waals surface area contributed by atoms with Gasteiger partial charge in [-0.05, 0) is 0 Å². The summed E-state index contributed by atoms with van der Waals surface area (Å²) >= 11 is 0. The third kappa shape index (κ3) is 3.46. The van der Waals surface area contributed by atoms with E-state index in [0.717, 1.165) is 0 Å². The number of aliphatic hydroxyl groups is 1. The molecule has 86 valence electrons. The number of anilines is 1. The molecule has 1 N–H and O–H groups in total. The van der Waals surface area contributed by atoms with Crippen LogP contribution in [0.15, 0.2) is 12.4 Å². The Morgan fingerprint density at radius 2 is 2.31 bits per heavy atom. The van der Waals surface area contributed by atoms with Gasteiger partial charge in [0.25, 0.3) is 0 Å². The smallest absolute Gasteiger partial charge is 0.158 e. The molecule has 1 aromatic heterocycles. The highest BCUT2D eigenvalue weighted by molar-refractivity contribution is 5.36. The first-order valence-electron chi connectivity index (χ1n) is 4.77. The summed E-state index contributed by atoms with van der Waals surface area (Å²) in [6, 6.07) is 1.89. The van der Waals surface area contributed by atoms with Gasteiger partial charge in [-0.1, -0.05) is 0 Å². The summed E-state index contributed by atoms with van der Waals surface area (Å²) in [6.45, 7) is 0.669. The Bertz CT molecular complexity index is 360. The van der Waals surface area contributed by atoms with E-state index in [1.54, 1.807) is 11.9 Å². The minimum Gasteiger partial charge on any atom is -0.389 e. The fourth-order valence-electron chi connectivity index (χ4n) is 1.23. The molecule has 0 spiro atoms. The lowest BCUT2D eigenvalue weighted by Gasteiger charge is -2.20. The number of ether oxygens (including phenoxy) is 1. The van der Waals surface area contributed by atoms with Gasteiger partial charge >= 0.3 is 0 Å². The highest BCUT2D eigenvalue weighted by atomic mass is 16.5. The molecule has 16 heavy (non-hydrogen) atoms. The molecule has 1 heterocycles. The van der Waals surface area contributed by atoms with Crippen LogP contribution in [0.3, 0.4) is 0 Å². The van der Waals surface area contributed by atoms with Gasteiger partial charge in [-0.15, -0.1) is 0 Å². The molecule has 0 saturated heterocycles. The van der Waals surface area contributed by atoms with Crippen LogP contribution < -0.4 is 4.90 Å². The predicted molar refractivity (Wildman–Crippen MR) is 57.9 cm³/mol. The Hall–Kier alpha value is -1.71. The Morgan fingerprint density at radius 1 is 1.56 bits per heavy atom. The maximum absolute atomic E-state index is 9.51. The molecule has 0 aromatic carbocycles. The number of rotatable bonds is 5. The van der Waals surface area contributed by atoms with Crippen molar-refractivity contribution in [3.63, 3.8) is 0 Å². The average molecular weight is 222 g/mol. The van der Waals surface area contributed by atoms with Crippen molar-refractivity contribution in [1.82, 2.24) is 9.97 Å². The van der Waals surface area contributed by atoms with Crippen LogP contribution in [0.2, 0.25) is 0 Å². The lowest BCUT2D eigenvalue weighted by molar-refractivity contribution is 0.0694. The number of aliphatic hydroxyl groups excluding tert-OH is 1.